The third kappa shape index (κ3) is 5.01. The van der Waals surface area contributed by atoms with Crippen molar-refractivity contribution in [1.82, 2.24) is 4.90 Å². The second-order valence-electron chi connectivity index (χ2n) is 6.61. The lowest BCUT2D eigenvalue weighted by Gasteiger charge is -2.42. The van der Waals surface area contributed by atoms with E-state index in [0.717, 1.165) is 0 Å². The van der Waals surface area contributed by atoms with E-state index in [1.165, 1.54) is 0 Å². The van der Waals surface area contributed by atoms with E-state index in [2.05, 4.69) is 15.4 Å². The number of nitrogens with two attached hydrogens (primary N) is 1. The first-order valence-electron chi connectivity index (χ1n) is 9.28. The highest BCUT2D eigenvalue weighted by molar-refractivity contribution is 6.11. The molecule has 0 spiro atoms. The molecule has 3 amide bonds. The molecule has 0 aromatic heterocycles. The molecule has 2 atom stereocenters. The van der Waals surface area contributed by atoms with Gasteiger partial charge in [0.05, 0.1) is 5.92 Å². The van der Waals surface area contributed by atoms with Gasteiger partial charge in [-0.25, -0.2) is 20.0 Å². The van der Waals surface area contributed by atoms with Crippen LogP contribution in [0.5, 0.6) is 11.5 Å². The number of aliphatic carboxylic acids is 1. The quantitative estimate of drug-likeness (QED) is 0.230. The van der Waals surface area contributed by atoms with Crippen LogP contribution in [-0.2, 0) is 9.59 Å². The number of para-hydroxylation sites is 1. The lowest BCUT2D eigenvalue weighted by atomic mass is 9.85. The summed E-state index contributed by atoms with van der Waals surface area (Å²) in [5.74, 6) is -1.89. The number of carboxylic acids is 1. The molecule has 0 bridgehead atoms. The van der Waals surface area contributed by atoms with E-state index >= 15 is 0 Å². The van der Waals surface area contributed by atoms with Crippen LogP contribution in [0.3, 0.4) is 0 Å². The van der Waals surface area contributed by atoms with Crippen LogP contribution in [-0.4, -0.2) is 46.5 Å². The summed E-state index contributed by atoms with van der Waals surface area (Å²) in [5, 5.41) is 14.9. The van der Waals surface area contributed by atoms with Gasteiger partial charge in [-0.3, -0.25) is 9.79 Å². The van der Waals surface area contributed by atoms with Crippen LogP contribution in [0.4, 0.5) is 10.5 Å². The molecular weight excluding hydrogens is 404 g/mol. The highest BCUT2D eigenvalue weighted by Gasteiger charge is 2.54. The zero-order valence-electron chi connectivity index (χ0n) is 16.3. The Morgan fingerprint density at radius 2 is 1.77 bits per heavy atom. The van der Waals surface area contributed by atoms with Crippen LogP contribution >= 0.6 is 0 Å². The number of benzene rings is 2. The fourth-order valence-electron chi connectivity index (χ4n) is 3.11. The molecule has 2 aromatic rings. The van der Waals surface area contributed by atoms with Crippen LogP contribution in [0.15, 0.2) is 64.7 Å². The number of nitrogens with one attached hydrogen (secondary N) is 2. The number of anilines is 1. The maximum absolute atomic E-state index is 12.5. The van der Waals surface area contributed by atoms with Crippen molar-refractivity contribution in [2.75, 3.05) is 11.9 Å². The van der Waals surface area contributed by atoms with Crippen molar-refractivity contribution < 1.29 is 24.2 Å². The minimum atomic E-state index is -1.31. The number of guanidine groups is 1. The monoisotopic (exact) mass is 424 g/mol. The molecule has 0 radical (unpaired) electrons. The Morgan fingerprint density at radius 3 is 2.39 bits per heavy atom. The van der Waals surface area contributed by atoms with E-state index in [-0.39, 0.29) is 18.9 Å². The SMILES string of the molecule is N=NC(N)=NCC[C@H]1C(=O)N(C(=O)Nc2ccc(Oc3ccccc3)cc2)[C@@H]1C(=O)O. The van der Waals surface area contributed by atoms with Gasteiger partial charge in [0.25, 0.3) is 0 Å². The Bertz CT molecular complexity index is 1010. The smallest absolute Gasteiger partial charge is 0.329 e. The van der Waals surface area contributed by atoms with E-state index < -0.39 is 29.9 Å². The molecule has 11 heteroatoms. The minimum absolute atomic E-state index is 0.0206. The van der Waals surface area contributed by atoms with Crippen molar-refractivity contribution >= 4 is 29.6 Å². The van der Waals surface area contributed by atoms with E-state index in [1.807, 2.05) is 18.2 Å². The normalized spacial score (nSPS) is 18.1. The minimum Gasteiger partial charge on any atom is -0.480 e. The van der Waals surface area contributed by atoms with Gasteiger partial charge in [0, 0.05) is 12.2 Å². The predicted octanol–water partition coefficient (Wildman–Crippen LogP) is 2.66. The van der Waals surface area contributed by atoms with E-state index in [0.29, 0.717) is 22.1 Å². The molecule has 1 aliphatic rings. The zero-order valence-corrected chi connectivity index (χ0v) is 16.3. The highest BCUT2D eigenvalue weighted by atomic mass is 16.5. The number of carbonyl (C=O) groups is 3. The number of β-lactam (4-membered cyclic amide) rings is 1. The average molecular weight is 424 g/mol. The zero-order chi connectivity index (χ0) is 22.4. The van der Waals surface area contributed by atoms with E-state index in [9.17, 15) is 19.5 Å². The number of aliphatic imine (C=N–C) groups is 1. The standard InChI is InChI=1S/C20H20N6O5/c21-19(25-22)23-11-10-15-16(18(28)29)26(17(15)27)20(30)24-12-6-8-14(9-7-12)31-13-4-2-1-3-5-13/h1-9,15-16,22H,10-11H2,(H2,21,23)(H,24,30)(H,28,29)/t15-,16+/m1/s1. The van der Waals surface area contributed by atoms with Gasteiger partial charge >= 0.3 is 12.0 Å². The number of likely N-dealkylation sites (tertiary alicyclic amines) is 1. The Labute approximate surface area is 177 Å². The first-order valence-corrected chi connectivity index (χ1v) is 9.28. The lowest BCUT2D eigenvalue weighted by Crippen LogP contribution is -2.67. The molecule has 3 rings (SSSR count). The van der Waals surface area contributed by atoms with Crippen LogP contribution in [0.2, 0.25) is 0 Å². The summed E-state index contributed by atoms with van der Waals surface area (Å²) in [6.45, 7) is 0.0206. The first-order chi connectivity index (χ1) is 14.9. The second kappa shape index (κ2) is 9.48. The van der Waals surface area contributed by atoms with Gasteiger partial charge in [-0.1, -0.05) is 18.2 Å². The van der Waals surface area contributed by atoms with Gasteiger partial charge in [0.15, 0.2) is 6.04 Å². The maximum Gasteiger partial charge on any atom is 0.329 e. The molecule has 1 saturated heterocycles. The molecule has 31 heavy (non-hydrogen) atoms. The number of hydrogen-bond donors (Lipinski definition) is 4. The van der Waals surface area contributed by atoms with Crippen molar-refractivity contribution in [3.8, 4) is 11.5 Å². The Balaban J connectivity index is 1.60. The van der Waals surface area contributed by atoms with Gasteiger partial charge in [-0.15, -0.1) is 5.11 Å². The van der Waals surface area contributed by atoms with Crippen LogP contribution in [0.25, 0.3) is 0 Å². The van der Waals surface area contributed by atoms with Crippen molar-refractivity contribution in [2.45, 2.75) is 12.5 Å². The summed E-state index contributed by atoms with van der Waals surface area (Å²) >= 11 is 0. The Morgan fingerprint density at radius 1 is 1.13 bits per heavy atom. The molecule has 2 aromatic carbocycles. The number of ether oxygens (including phenoxy) is 1. The van der Waals surface area contributed by atoms with Crippen molar-refractivity contribution in [3.05, 3.63) is 54.6 Å². The van der Waals surface area contributed by atoms with Gasteiger partial charge < -0.3 is 20.9 Å². The molecule has 160 valence electrons. The van der Waals surface area contributed by atoms with Crippen LogP contribution in [0.1, 0.15) is 6.42 Å². The molecule has 0 aliphatic carbocycles. The molecule has 1 aliphatic heterocycles. The van der Waals surface area contributed by atoms with Crippen molar-refractivity contribution in [2.24, 2.45) is 21.8 Å². The molecular formula is C20H20N6O5. The van der Waals surface area contributed by atoms with Gasteiger partial charge in [0.2, 0.25) is 11.9 Å². The summed E-state index contributed by atoms with van der Waals surface area (Å²) in [5.41, 5.74) is 12.4. The van der Waals surface area contributed by atoms with Gasteiger partial charge in [-0.05, 0) is 42.8 Å². The molecule has 0 unspecified atom stereocenters. The number of amides is 3. The fraction of sp³-hybridized carbons (Fsp3) is 0.200. The van der Waals surface area contributed by atoms with Crippen molar-refractivity contribution in [1.29, 1.82) is 5.53 Å². The summed E-state index contributed by atoms with van der Waals surface area (Å²) < 4.78 is 5.67. The average Bonchev–Trinajstić information content (AvgIpc) is 2.76. The number of nitrogens with zero attached hydrogens (tertiary/aromatic N) is 3. The number of rotatable bonds is 7. The third-order valence-corrected chi connectivity index (χ3v) is 4.60. The number of carbonyl (C=O) groups excluding carboxylic acids is 2. The lowest BCUT2D eigenvalue weighted by molar-refractivity contribution is -0.165. The number of urea groups is 1. The maximum atomic E-state index is 12.5. The van der Waals surface area contributed by atoms with Gasteiger partial charge in [-0.2, -0.15) is 0 Å². The predicted molar refractivity (Wildman–Crippen MR) is 110 cm³/mol. The van der Waals surface area contributed by atoms with Crippen molar-refractivity contribution in [3.63, 3.8) is 0 Å². The van der Waals surface area contributed by atoms with Crippen LogP contribution in [0, 0.1) is 11.4 Å². The number of carboxylic acid groups (broad SMARTS) is 1. The molecule has 1 heterocycles. The largest absolute Gasteiger partial charge is 0.480 e. The summed E-state index contributed by atoms with van der Waals surface area (Å²) in [7, 11) is 0. The Kier molecular flexibility index (Phi) is 6.55. The van der Waals surface area contributed by atoms with Crippen LogP contribution < -0.4 is 15.8 Å². The topological polar surface area (TPSA) is 171 Å². The number of imide groups is 1. The van der Waals surface area contributed by atoms with Gasteiger partial charge in [0.1, 0.15) is 11.5 Å². The Hall–Kier alpha value is -4.28. The van der Waals surface area contributed by atoms with E-state index in [4.69, 9.17) is 16.0 Å². The summed E-state index contributed by atoms with van der Waals surface area (Å²) in [6.07, 6.45) is 0.0708. The fourth-order valence-corrected chi connectivity index (χ4v) is 3.11. The highest BCUT2D eigenvalue weighted by Crippen LogP contribution is 2.31. The summed E-state index contributed by atoms with van der Waals surface area (Å²) in [4.78, 5) is 40.8. The third-order valence-electron chi connectivity index (χ3n) is 4.60. The molecule has 5 N–H and O–H groups in total. The first kappa shape index (κ1) is 21.4. The second-order valence-corrected chi connectivity index (χ2v) is 6.61. The molecule has 11 nitrogen and oxygen atoms in total. The molecule has 0 saturated carbocycles. The molecule has 1 fully saturated rings. The summed E-state index contributed by atoms with van der Waals surface area (Å²) in [6, 6.07) is 13.4. The number of hydrogen-bond acceptors (Lipinski definition) is 6. The van der Waals surface area contributed by atoms with E-state index in [1.54, 1.807) is 36.4 Å².